The third-order valence-corrected chi connectivity index (χ3v) is 6.75. The molecule has 0 spiro atoms. The van der Waals surface area contributed by atoms with E-state index in [1.54, 1.807) is 19.1 Å². The van der Waals surface area contributed by atoms with E-state index in [0.29, 0.717) is 16.8 Å². The molecule has 1 aromatic carbocycles. The number of benzene rings is 1. The van der Waals surface area contributed by atoms with Crippen LogP contribution in [0.3, 0.4) is 0 Å². The van der Waals surface area contributed by atoms with Gasteiger partial charge in [0, 0.05) is 18.0 Å². The molecule has 1 aliphatic rings. The highest BCUT2D eigenvalue weighted by molar-refractivity contribution is 7.17. The van der Waals surface area contributed by atoms with Crippen LogP contribution in [-0.2, 0) is 20.7 Å². The number of aliphatic hydroxyl groups is 1. The van der Waals surface area contributed by atoms with Crippen LogP contribution in [0.1, 0.15) is 45.0 Å². The lowest BCUT2D eigenvalue weighted by Gasteiger charge is -2.23. The van der Waals surface area contributed by atoms with E-state index in [4.69, 9.17) is 4.74 Å². The average Bonchev–Trinajstić information content (AvgIpc) is 3.39. The second-order valence-electron chi connectivity index (χ2n) is 7.80. The number of carbonyl (C=O) groups is 3. The number of anilines is 1. The van der Waals surface area contributed by atoms with Gasteiger partial charge in [-0.25, -0.2) is 9.78 Å². The smallest absolute Gasteiger partial charge is 0.350 e. The normalized spacial score (nSPS) is 17.0. The number of pyridine rings is 1. The largest absolute Gasteiger partial charge is 0.507 e. The number of carbonyl (C=O) groups excluding carboxylic acids is 3. The van der Waals surface area contributed by atoms with E-state index in [1.165, 1.54) is 23.4 Å². The lowest BCUT2D eigenvalue weighted by atomic mass is 9.95. The zero-order chi connectivity index (χ0) is 25.1. The van der Waals surface area contributed by atoms with Crippen molar-refractivity contribution >= 4 is 39.9 Å². The van der Waals surface area contributed by atoms with Crippen LogP contribution in [0.15, 0.2) is 67.0 Å². The number of thiazole rings is 1. The Morgan fingerprint density at radius 1 is 1.20 bits per heavy atom. The highest BCUT2D eigenvalue weighted by atomic mass is 32.1. The van der Waals surface area contributed by atoms with Gasteiger partial charge in [-0.2, -0.15) is 0 Å². The minimum atomic E-state index is -0.934. The summed E-state index contributed by atoms with van der Waals surface area (Å²) in [5.41, 5.74) is 2.37. The van der Waals surface area contributed by atoms with Gasteiger partial charge < -0.3 is 9.84 Å². The number of aromatic nitrogens is 2. The van der Waals surface area contributed by atoms with Crippen molar-refractivity contribution in [3.8, 4) is 0 Å². The number of hydrogen-bond donors (Lipinski definition) is 1. The molecule has 0 saturated carbocycles. The van der Waals surface area contributed by atoms with Crippen molar-refractivity contribution in [3.05, 3.63) is 94.3 Å². The Labute approximate surface area is 206 Å². The first-order valence-electron chi connectivity index (χ1n) is 10.9. The van der Waals surface area contributed by atoms with E-state index in [-0.39, 0.29) is 27.9 Å². The standard InChI is InChI=1S/C26H23N3O5S/c1-4-14-34-25(33)23-15(3)28-26(35-23)29-20(17-8-6-16(5-2)7-9-17)19(22(31)24(29)32)21(30)18-10-12-27-13-11-18/h4,6-13,20,30H,1,5,14H2,2-3H3/b21-19+. The Bertz CT molecular complexity index is 1330. The molecule has 4 rings (SSSR count). The number of aliphatic hydroxyl groups excluding tert-OH is 1. The van der Waals surface area contributed by atoms with Crippen LogP contribution >= 0.6 is 11.3 Å². The van der Waals surface area contributed by atoms with Gasteiger partial charge in [0.05, 0.1) is 17.3 Å². The fourth-order valence-electron chi connectivity index (χ4n) is 3.82. The van der Waals surface area contributed by atoms with Gasteiger partial charge in [-0.05, 0) is 36.6 Å². The lowest BCUT2D eigenvalue weighted by Crippen LogP contribution is -2.29. The summed E-state index contributed by atoms with van der Waals surface area (Å²) in [5.74, 6) is -2.59. The zero-order valence-electron chi connectivity index (χ0n) is 19.2. The van der Waals surface area contributed by atoms with Crippen molar-refractivity contribution in [2.75, 3.05) is 11.5 Å². The van der Waals surface area contributed by atoms with Crippen LogP contribution in [0.5, 0.6) is 0 Å². The molecule has 1 unspecified atom stereocenters. The molecule has 1 atom stereocenters. The van der Waals surface area contributed by atoms with Crippen molar-refractivity contribution in [1.82, 2.24) is 9.97 Å². The van der Waals surface area contributed by atoms with Gasteiger partial charge >= 0.3 is 11.9 Å². The van der Waals surface area contributed by atoms with Crippen LogP contribution in [-0.4, -0.2) is 39.3 Å². The van der Waals surface area contributed by atoms with Crippen LogP contribution in [0.4, 0.5) is 5.13 Å². The van der Waals surface area contributed by atoms with Crippen LogP contribution in [0, 0.1) is 6.92 Å². The fourth-order valence-corrected chi connectivity index (χ4v) is 4.81. The first-order chi connectivity index (χ1) is 16.9. The number of rotatable bonds is 7. The van der Waals surface area contributed by atoms with E-state index in [0.717, 1.165) is 23.3 Å². The number of Topliss-reactive ketones (excluding diaryl/α,β-unsaturated/α-hetero) is 1. The third-order valence-electron chi connectivity index (χ3n) is 5.61. The van der Waals surface area contributed by atoms with Crippen molar-refractivity contribution in [2.45, 2.75) is 26.3 Å². The first kappa shape index (κ1) is 24.0. The molecule has 1 N–H and O–H groups in total. The van der Waals surface area contributed by atoms with E-state index < -0.39 is 23.7 Å². The molecular weight excluding hydrogens is 466 g/mol. The predicted octanol–water partition coefficient (Wildman–Crippen LogP) is 4.38. The number of nitrogens with zero attached hydrogens (tertiary/aromatic N) is 3. The number of hydrogen-bond acceptors (Lipinski definition) is 8. The summed E-state index contributed by atoms with van der Waals surface area (Å²) in [6, 6.07) is 9.64. The van der Waals surface area contributed by atoms with Crippen molar-refractivity contribution in [3.63, 3.8) is 0 Å². The molecule has 178 valence electrons. The Kier molecular flexibility index (Phi) is 6.88. The molecule has 3 aromatic rings. The molecule has 1 saturated heterocycles. The summed E-state index contributed by atoms with van der Waals surface area (Å²) in [6.07, 6.45) is 5.25. The van der Waals surface area contributed by atoms with Gasteiger partial charge in [-0.1, -0.05) is 55.2 Å². The highest BCUT2D eigenvalue weighted by Crippen LogP contribution is 2.43. The summed E-state index contributed by atoms with van der Waals surface area (Å²) in [5, 5.41) is 11.3. The minimum Gasteiger partial charge on any atom is -0.507 e. The monoisotopic (exact) mass is 489 g/mol. The van der Waals surface area contributed by atoms with Gasteiger partial charge in [0.1, 0.15) is 17.2 Å². The molecule has 0 bridgehead atoms. The zero-order valence-corrected chi connectivity index (χ0v) is 20.0. The molecule has 0 aliphatic carbocycles. The summed E-state index contributed by atoms with van der Waals surface area (Å²) < 4.78 is 5.12. The van der Waals surface area contributed by atoms with Gasteiger partial charge in [0.2, 0.25) is 0 Å². The molecule has 0 radical (unpaired) electrons. The quantitative estimate of drug-likeness (QED) is 0.172. The van der Waals surface area contributed by atoms with Crippen molar-refractivity contribution in [2.24, 2.45) is 0 Å². The number of aryl methyl sites for hydroxylation is 2. The number of ketones is 1. The number of esters is 1. The first-order valence-corrected chi connectivity index (χ1v) is 11.7. The van der Waals surface area contributed by atoms with Gasteiger partial charge in [-0.3, -0.25) is 19.5 Å². The molecule has 3 heterocycles. The maximum absolute atomic E-state index is 13.3. The maximum atomic E-state index is 13.3. The molecule has 35 heavy (non-hydrogen) atoms. The SMILES string of the molecule is C=CCOC(=O)c1sc(N2C(=O)C(=O)/C(=C(/O)c3ccncc3)C2c2ccc(CC)cc2)nc1C. The molecule has 1 amide bonds. The lowest BCUT2D eigenvalue weighted by molar-refractivity contribution is -0.132. The van der Waals surface area contributed by atoms with E-state index in [2.05, 4.69) is 16.5 Å². The average molecular weight is 490 g/mol. The topological polar surface area (TPSA) is 110 Å². The second kappa shape index (κ2) is 10.0. The highest BCUT2D eigenvalue weighted by Gasteiger charge is 2.48. The van der Waals surface area contributed by atoms with Gasteiger partial charge in [0.25, 0.3) is 5.78 Å². The van der Waals surface area contributed by atoms with E-state index >= 15 is 0 Å². The molecule has 1 fully saturated rings. The van der Waals surface area contributed by atoms with E-state index in [1.807, 2.05) is 31.2 Å². The number of amides is 1. The molecule has 8 nitrogen and oxygen atoms in total. The fraction of sp³-hybridized carbons (Fsp3) is 0.192. The van der Waals surface area contributed by atoms with Crippen molar-refractivity contribution in [1.29, 1.82) is 0 Å². The van der Waals surface area contributed by atoms with Gasteiger partial charge in [-0.15, -0.1) is 0 Å². The number of ether oxygens (including phenoxy) is 1. The van der Waals surface area contributed by atoms with Crippen LogP contribution < -0.4 is 4.90 Å². The summed E-state index contributed by atoms with van der Waals surface area (Å²) in [4.78, 5) is 48.8. The maximum Gasteiger partial charge on any atom is 0.350 e. The minimum absolute atomic E-state index is 0.0335. The van der Waals surface area contributed by atoms with Gasteiger partial charge in [0.15, 0.2) is 5.13 Å². The van der Waals surface area contributed by atoms with Crippen molar-refractivity contribution < 1.29 is 24.2 Å². The molecular formula is C26H23N3O5S. The Morgan fingerprint density at radius 2 is 1.89 bits per heavy atom. The Morgan fingerprint density at radius 3 is 2.51 bits per heavy atom. The second-order valence-corrected chi connectivity index (χ2v) is 8.78. The molecule has 2 aromatic heterocycles. The Balaban J connectivity index is 1.87. The molecule has 1 aliphatic heterocycles. The predicted molar refractivity (Wildman–Crippen MR) is 132 cm³/mol. The Hall–Kier alpha value is -4.11. The van der Waals surface area contributed by atoms with Crippen LogP contribution in [0.2, 0.25) is 0 Å². The molecule has 9 heteroatoms. The summed E-state index contributed by atoms with van der Waals surface area (Å²) in [7, 11) is 0. The van der Waals surface area contributed by atoms with E-state index in [9.17, 15) is 19.5 Å². The van der Waals surface area contributed by atoms with Crippen LogP contribution in [0.25, 0.3) is 5.76 Å². The summed E-state index contributed by atoms with van der Waals surface area (Å²) >= 11 is 0.955. The third kappa shape index (κ3) is 4.50. The summed E-state index contributed by atoms with van der Waals surface area (Å²) in [6.45, 7) is 7.21.